The maximum Gasteiger partial charge on any atom is 0.233 e. The standard InChI is InChI=1S/C14H12N2O2/c1-10-6-7-13(15-8-10)17-9-14-16-11-4-2-3-5-12(11)18-14/h2-8H,9H2,1H3. The maximum absolute atomic E-state index is 5.55. The van der Waals surface area contributed by atoms with Crippen LogP contribution >= 0.6 is 0 Å². The van der Waals surface area contributed by atoms with Crippen molar-refractivity contribution in [1.82, 2.24) is 9.97 Å². The van der Waals surface area contributed by atoms with E-state index < -0.39 is 0 Å². The van der Waals surface area contributed by atoms with Crippen LogP contribution in [0.1, 0.15) is 11.5 Å². The second-order valence-electron chi connectivity index (χ2n) is 4.04. The minimum absolute atomic E-state index is 0.282. The zero-order valence-electron chi connectivity index (χ0n) is 9.96. The lowest BCUT2D eigenvalue weighted by Crippen LogP contribution is -1.97. The first-order chi connectivity index (χ1) is 8.81. The van der Waals surface area contributed by atoms with E-state index >= 15 is 0 Å². The van der Waals surface area contributed by atoms with Crippen LogP contribution in [0.25, 0.3) is 11.1 Å². The molecule has 2 aromatic heterocycles. The summed E-state index contributed by atoms with van der Waals surface area (Å²) in [6.07, 6.45) is 1.77. The number of para-hydroxylation sites is 2. The molecule has 0 aliphatic carbocycles. The van der Waals surface area contributed by atoms with Crippen LogP contribution in [0.4, 0.5) is 0 Å². The van der Waals surface area contributed by atoms with Crippen LogP contribution in [0.15, 0.2) is 47.0 Å². The Morgan fingerprint density at radius 3 is 2.83 bits per heavy atom. The molecule has 1 aromatic carbocycles. The molecule has 0 aliphatic rings. The Balaban J connectivity index is 1.74. The fourth-order valence-corrected chi connectivity index (χ4v) is 1.66. The van der Waals surface area contributed by atoms with E-state index in [1.807, 2.05) is 43.3 Å². The number of rotatable bonds is 3. The van der Waals surface area contributed by atoms with E-state index in [2.05, 4.69) is 9.97 Å². The van der Waals surface area contributed by atoms with Gasteiger partial charge in [-0.15, -0.1) is 0 Å². The molecule has 3 aromatic rings. The first-order valence-electron chi connectivity index (χ1n) is 5.71. The Kier molecular flexibility index (Phi) is 2.68. The second-order valence-corrected chi connectivity index (χ2v) is 4.04. The highest BCUT2D eigenvalue weighted by Crippen LogP contribution is 2.16. The number of pyridine rings is 1. The van der Waals surface area contributed by atoms with Crippen molar-refractivity contribution in [1.29, 1.82) is 0 Å². The summed E-state index contributed by atoms with van der Waals surface area (Å²) in [6, 6.07) is 11.4. The van der Waals surface area contributed by atoms with E-state index in [0.29, 0.717) is 11.8 Å². The van der Waals surface area contributed by atoms with E-state index in [9.17, 15) is 0 Å². The molecule has 0 atom stereocenters. The Morgan fingerprint density at radius 2 is 2.06 bits per heavy atom. The number of hydrogen-bond acceptors (Lipinski definition) is 4. The Labute approximate surface area is 104 Å². The van der Waals surface area contributed by atoms with Crippen molar-refractivity contribution in [3.05, 3.63) is 54.0 Å². The van der Waals surface area contributed by atoms with Gasteiger partial charge in [-0.3, -0.25) is 0 Å². The third kappa shape index (κ3) is 2.18. The summed E-state index contributed by atoms with van der Waals surface area (Å²) in [7, 11) is 0. The first-order valence-corrected chi connectivity index (χ1v) is 5.71. The van der Waals surface area contributed by atoms with Crippen LogP contribution in [0, 0.1) is 6.92 Å². The number of ether oxygens (including phenoxy) is 1. The predicted molar refractivity (Wildman–Crippen MR) is 67.3 cm³/mol. The number of benzene rings is 1. The molecule has 3 rings (SSSR count). The molecular formula is C14H12N2O2. The van der Waals surface area contributed by atoms with Crippen LogP contribution < -0.4 is 4.74 Å². The molecule has 0 amide bonds. The van der Waals surface area contributed by atoms with Crippen LogP contribution in [0.3, 0.4) is 0 Å². The number of aryl methyl sites for hydroxylation is 1. The topological polar surface area (TPSA) is 48.2 Å². The summed E-state index contributed by atoms with van der Waals surface area (Å²) >= 11 is 0. The summed E-state index contributed by atoms with van der Waals surface area (Å²) in [5, 5.41) is 0. The van der Waals surface area contributed by atoms with Gasteiger partial charge in [0.15, 0.2) is 12.2 Å². The number of nitrogens with zero attached hydrogens (tertiary/aromatic N) is 2. The molecule has 0 fully saturated rings. The molecule has 0 spiro atoms. The Bertz CT molecular complexity index is 626. The zero-order valence-corrected chi connectivity index (χ0v) is 9.96. The maximum atomic E-state index is 5.55. The Hall–Kier alpha value is -2.36. The van der Waals surface area contributed by atoms with E-state index in [1.165, 1.54) is 0 Å². The molecule has 18 heavy (non-hydrogen) atoms. The van der Waals surface area contributed by atoms with Gasteiger partial charge in [0.1, 0.15) is 5.52 Å². The van der Waals surface area contributed by atoms with Gasteiger partial charge in [-0.1, -0.05) is 18.2 Å². The van der Waals surface area contributed by atoms with Crippen molar-refractivity contribution < 1.29 is 9.15 Å². The average molecular weight is 240 g/mol. The van der Waals surface area contributed by atoms with Crippen LogP contribution in [0.2, 0.25) is 0 Å². The highest BCUT2D eigenvalue weighted by Gasteiger charge is 2.05. The molecule has 0 bridgehead atoms. The number of hydrogen-bond donors (Lipinski definition) is 0. The van der Waals surface area contributed by atoms with Crippen molar-refractivity contribution in [2.75, 3.05) is 0 Å². The molecule has 0 aliphatic heterocycles. The van der Waals surface area contributed by atoms with Crippen molar-refractivity contribution in [3.8, 4) is 5.88 Å². The fourth-order valence-electron chi connectivity index (χ4n) is 1.66. The van der Waals surface area contributed by atoms with Gasteiger partial charge in [-0.05, 0) is 24.6 Å². The van der Waals surface area contributed by atoms with Crippen molar-refractivity contribution in [2.24, 2.45) is 0 Å². The average Bonchev–Trinajstić information content (AvgIpc) is 2.81. The minimum atomic E-state index is 0.282. The molecule has 2 heterocycles. The van der Waals surface area contributed by atoms with Crippen LogP contribution in [-0.4, -0.2) is 9.97 Å². The van der Waals surface area contributed by atoms with Gasteiger partial charge in [0.05, 0.1) is 0 Å². The van der Waals surface area contributed by atoms with E-state index in [0.717, 1.165) is 16.7 Å². The van der Waals surface area contributed by atoms with Crippen LogP contribution in [0.5, 0.6) is 5.88 Å². The molecule has 90 valence electrons. The van der Waals surface area contributed by atoms with Gasteiger partial charge in [0.2, 0.25) is 11.8 Å². The number of fused-ring (bicyclic) bond motifs is 1. The lowest BCUT2D eigenvalue weighted by Gasteiger charge is -2.01. The van der Waals surface area contributed by atoms with E-state index in [4.69, 9.17) is 9.15 Å². The van der Waals surface area contributed by atoms with Gasteiger partial charge < -0.3 is 9.15 Å². The minimum Gasteiger partial charge on any atom is -0.468 e. The first kappa shape index (κ1) is 10.8. The Morgan fingerprint density at radius 1 is 1.17 bits per heavy atom. The quantitative estimate of drug-likeness (QED) is 0.705. The second kappa shape index (κ2) is 4.49. The third-order valence-electron chi connectivity index (χ3n) is 2.57. The molecule has 0 saturated heterocycles. The number of aromatic nitrogens is 2. The van der Waals surface area contributed by atoms with Gasteiger partial charge >= 0.3 is 0 Å². The zero-order chi connectivity index (χ0) is 12.4. The molecular weight excluding hydrogens is 228 g/mol. The molecule has 0 saturated carbocycles. The van der Waals surface area contributed by atoms with Crippen molar-refractivity contribution in [3.63, 3.8) is 0 Å². The molecule has 0 N–H and O–H groups in total. The summed E-state index contributed by atoms with van der Waals surface area (Å²) in [5.74, 6) is 1.13. The van der Waals surface area contributed by atoms with Gasteiger partial charge in [-0.25, -0.2) is 9.97 Å². The highest BCUT2D eigenvalue weighted by atomic mass is 16.5. The molecule has 0 radical (unpaired) electrons. The highest BCUT2D eigenvalue weighted by molar-refractivity contribution is 5.72. The smallest absolute Gasteiger partial charge is 0.233 e. The normalized spacial score (nSPS) is 10.7. The fraction of sp³-hybridized carbons (Fsp3) is 0.143. The molecule has 0 unspecified atom stereocenters. The van der Waals surface area contributed by atoms with E-state index in [-0.39, 0.29) is 6.61 Å². The van der Waals surface area contributed by atoms with Gasteiger partial charge in [-0.2, -0.15) is 0 Å². The number of oxazole rings is 1. The largest absolute Gasteiger partial charge is 0.468 e. The summed E-state index contributed by atoms with van der Waals surface area (Å²) in [6.45, 7) is 2.27. The molecule has 4 nitrogen and oxygen atoms in total. The summed E-state index contributed by atoms with van der Waals surface area (Å²) in [5.41, 5.74) is 2.71. The van der Waals surface area contributed by atoms with Crippen LogP contribution in [-0.2, 0) is 6.61 Å². The van der Waals surface area contributed by atoms with Gasteiger partial charge in [0, 0.05) is 12.3 Å². The predicted octanol–water partition coefficient (Wildman–Crippen LogP) is 3.11. The van der Waals surface area contributed by atoms with Crippen molar-refractivity contribution in [2.45, 2.75) is 13.5 Å². The third-order valence-corrected chi connectivity index (χ3v) is 2.57. The van der Waals surface area contributed by atoms with Crippen molar-refractivity contribution >= 4 is 11.1 Å². The van der Waals surface area contributed by atoms with E-state index in [1.54, 1.807) is 6.20 Å². The molecule has 4 heteroatoms. The lowest BCUT2D eigenvalue weighted by atomic mass is 10.3. The van der Waals surface area contributed by atoms with Gasteiger partial charge in [0.25, 0.3) is 0 Å². The monoisotopic (exact) mass is 240 g/mol. The summed E-state index contributed by atoms with van der Waals surface area (Å²) < 4.78 is 11.1. The summed E-state index contributed by atoms with van der Waals surface area (Å²) in [4.78, 5) is 8.48. The SMILES string of the molecule is Cc1ccc(OCc2nc3ccccc3o2)nc1. The lowest BCUT2D eigenvalue weighted by molar-refractivity contribution is 0.257.